The Morgan fingerprint density at radius 2 is 2.35 bits per heavy atom. The predicted molar refractivity (Wildman–Crippen MR) is 72.9 cm³/mol. The number of aromatic nitrogens is 2. The van der Waals surface area contributed by atoms with Gasteiger partial charge in [-0.2, -0.15) is 0 Å². The second kappa shape index (κ2) is 6.02. The normalized spacial score (nSPS) is 13.4. The van der Waals surface area contributed by atoms with E-state index in [9.17, 15) is 4.79 Å². The lowest BCUT2D eigenvalue weighted by molar-refractivity contribution is 0.643. The van der Waals surface area contributed by atoms with Crippen LogP contribution in [0.3, 0.4) is 0 Å². The van der Waals surface area contributed by atoms with E-state index in [-0.39, 0.29) is 16.3 Å². The molecule has 0 aliphatic rings. The van der Waals surface area contributed by atoms with Crippen molar-refractivity contribution in [3.63, 3.8) is 0 Å². The number of hydrogen-bond donors (Lipinski definition) is 2. The molecule has 1 rings (SSSR count). The highest BCUT2D eigenvalue weighted by atomic mass is 32.2. The van der Waals surface area contributed by atoms with E-state index in [0.29, 0.717) is 12.1 Å². The number of H-pyrrole nitrogens is 1. The molecule has 2 N–H and O–H groups in total. The van der Waals surface area contributed by atoms with Crippen molar-refractivity contribution in [1.29, 1.82) is 0 Å². The zero-order chi connectivity index (χ0) is 12.9. The van der Waals surface area contributed by atoms with Gasteiger partial charge in [-0.25, -0.2) is 0 Å². The fourth-order valence-corrected chi connectivity index (χ4v) is 1.95. The largest absolute Gasteiger partial charge is 0.326 e. The molecule has 4 nitrogen and oxygen atoms in total. The molecule has 0 aliphatic carbocycles. The van der Waals surface area contributed by atoms with Gasteiger partial charge in [-0.15, -0.1) is 6.58 Å². The molecule has 1 atom stereocenters. The molecule has 0 fully saturated rings. The van der Waals surface area contributed by atoms with Crippen molar-refractivity contribution < 1.29 is 0 Å². The minimum Gasteiger partial charge on any atom is -0.326 e. The van der Waals surface area contributed by atoms with E-state index in [1.165, 1.54) is 6.20 Å². The standard InChI is InChI=1S/C12H19N3OS/c1-5-6-9(15-17-12(2,3)4)10-11(16)14-8-7-13-10/h5,7-9,15H,1,6H2,2-4H3,(H,14,16). The maximum Gasteiger partial charge on any atom is 0.271 e. The third-order valence-corrected chi connectivity index (χ3v) is 2.99. The van der Waals surface area contributed by atoms with Crippen LogP contribution in [0, 0.1) is 0 Å². The smallest absolute Gasteiger partial charge is 0.271 e. The molecule has 0 bridgehead atoms. The van der Waals surface area contributed by atoms with Crippen LogP contribution >= 0.6 is 11.9 Å². The van der Waals surface area contributed by atoms with Crippen molar-refractivity contribution >= 4 is 11.9 Å². The summed E-state index contributed by atoms with van der Waals surface area (Å²) in [6, 6.07) is -0.110. The minimum atomic E-state index is -0.152. The second-order valence-corrected chi connectivity index (χ2v) is 6.38. The summed E-state index contributed by atoms with van der Waals surface area (Å²) in [5.74, 6) is 0. The van der Waals surface area contributed by atoms with Gasteiger partial charge in [0.25, 0.3) is 5.56 Å². The van der Waals surface area contributed by atoms with Crippen LogP contribution in [0.2, 0.25) is 0 Å². The summed E-state index contributed by atoms with van der Waals surface area (Å²) >= 11 is 1.59. The van der Waals surface area contributed by atoms with Crippen LogP contribution in [0.4, 0.5) is 0 Å². The Balaban J connectivity index is 2.83. The third-order valence-electron chi connectivity index (χ3n) is 1.98. The van der Waals surface area contributed by atoms with E-state index >= 15 is 0 Å². The van der Waals surface area contributed by atoms with Crippen LogP contribution in [0.25, 0.3) is 0 Å². The molecule has 17 heavy (non-hydrogen) atoms. The van der Waals surface area contributed by atoms with Crippen molar-refractivity contribution in [2.45, 2.75) is 38.0 Å². The highest BCUT2D eigenvalue weighted by Crippen LogP contribution is 2.24. The maximum atomic E-state index is 11.7. The van der Waals surface area contributed by atoms with Gasteiger partial charge in [0, 0.05) is 17.1 Å². The molecule has 5 heteroatoms. The molecule has 0 aliphatic heterocycles. The van der Waals surface area contributed by atoms with Crippen LogP contribution in [-0.2, 0) is 0 Å². The lowest BCUT2D eigenvalue weighted by atomic mass is 10.1. The molecular weight excluding hydrogens is 234 g/mol. The average molecular weight is 253 g/mol. The van der Waals surface area contributed by atoms with E-state index in [2.05, 4.69) is 42.0 Å². The maximum absolute atomic E-state index is 11.7. The Morgan fingerprint density at radius 1 is 1.65 bits per heavy atom. The summed E-state index contributed by atoms with van der Waals surface area (Å²) in [5, 5.41) is 0. The Hall–Kier alpha value is -1.07. The summed E-state index contributed by atoms with van der Waals surface area (Å²) in [4.78, 5) is 18.4. The lowest BCUT2D eigenvalue weighted by Crippen LogP contribution is -2.27. The first-order chi connectivity index (χ1) is 7.94. The molecule has 1 unspecified atom stereocenters. The Bertz CT molecular complexity index is 422. The van der Waals surface area contributed by atoms with Crippen molar-refractivity contribution in [2.24, 2.45) is 0 Å². The zero-order valence-electron chi connectivity index (χ0n) is 10.5. The number of aromatic amines is 1. The van der Waals surface area contributed by atoms with Gasteiger partial charge in [-0.1, -0.05) is 18.0 Å². The Kier molecular flexibility index (Phi) is 4.96. The fourth-order valence-electron chi connectivity index (χ4n) is 1.24. The first-order valence-electron chi connectivity index (χ1n) is 5.52. The van der Waals surface area contributed by atoms with Gasteiger partial charge in [0.1, 0.15) is 5.69 Å². The van der Waals surface area contributed by atoms with Gasteiger partial charge in [-0.3, -0.25) is 14.5 Å². The van der Waals surface area contributed by atoms with Gasteiger partial charge in [0.05, 0.1) is 6.04 Å². The highest BCUT2D eigenvalue weighted by molar-refractivity contribution is 7.98. The van der Waals surface area contributed by atoms with Crippen molar-refractivity contribution in [2.75, 3.05) is 0 Å². The molecule has 0 saturated carbocycles. The monoisotopic (exact) mass is 253 g/mol. The molecule has 0 saturated heterocycles. The molecular formula is C12H19N3OS. The Labute approximate surface area is 106 Å². The van der Waals surface area contributed by atoms with Crippen LogP contribution in [0.5, 0.6) is 0 Å². The van der Waals surface area contributed by atoms with Gasteiger partial charge in [0.15, 0.2) is 0 Å². The second-order valence-electron chi connectivity index (χ2n) is 4.71. The van der Waals surface area contributed by atoms with Gasteiger partial charge in [-0.05, 0) is 27.2 Å². The molecule has 0 amide bonds. The number of hydrogen-bond acceptors (Lipinski definition) is 4. The minimum absolute atomic E-state index is 0.0843. The number of nitrogens with one attached hydrogen (secondary N) is 2. The van der Waals surface area contributed by atoms with Gasteiger partial charge in [0.2, 0.25) is 0 Å². The first-order valence-corrected chi connectivity index (χ1v) is 6.33. The molecule has 1 aromatic heterocycles. The van der Waals surface area contributed by atoms with E-state index in [0.717, 1.165) is 0 Å². The van der Waals surface area contributed by atoms with Gasteiger partial charge >= 0.3 is 0 Å². The van der Waals surface area contributed by atoms with Crippen LogP contribution in [-0.4, -0.2) is 14.7 Å². The third kappa shape index (κ3) is 4.75. The fraction of sp³-hybridized carbons (Fsp3) is 0.500. The van der Waals surface area contributed by atoms with E-state index in [4.69, 9.17) is 0 Å². The molecule has 1 heterocycles. The van der Waals surface area contributed by atoms with Crippen LogP contribution < -0.4 is 10.3 Å². The first kappa shape index (κ1) is 14.0. The summed E-state index contributed by atoms with van der Waals surface area (Å²) in [6.45, 7) is 10.0. The van der Waals surface area contributed by atoms with Crippen molar-refractivity contribution in [1.82, 2.24) is 14.7 Å². The van der Waals surface area contributed by atoms with Crippen LogP contribution in [0.1, 0.15) is 38.9 Å². The summed E-state index contributed by atoms with van der Waals surface area (Å²) in [5.41, 5.74) is 0.352. The molecule has 0 aromatic carbocycles. The van der Waals surface area contributed by atoms with E-state index < -0.39 is 0 Å². The molecule has 1 aromatic rings. The predicted octanol–water partition coefficient (Wildman–Crippen LogP) is 2.42. The van der Waals surface area contributed by atoms with Crippen molar-refractivity contribution in [3.8, 4) is 0 Å². The van der Waals surface area contributed by atoms with Crippen molar-refractivity contribution in [3.05, 3.63) is 41.1 Å². The topological polar surface area (TPSA) is 57.8 Å². The quantitative estimate of drug-likeness (QED) is 0.625. The molecule has 0 spiro atoms. The van der Waals surface area contributed by atoms with Crippen LogP contribution in [0.15, 0.2) is 29.8 Å². The van der Waals surface area contributed by atoms with Gasteiger partial charge < -0.3 is 4.98 Å². The number of rotatable bonds is 5. The summed E-state index contributed by atoms with van der Waals surface area (Å²) < 4.78 is 3.36. The summed E-state index contributed by atoms with van der Waals surface area (Å²) in [6.07, 6.45) is 5.59. The van der Waals surface area contributed by atoms with E-state index in [1.807, 2.05) is 0 Å². The molecule has 94 valence electrons. The SMILES string of the molecule is C=CCC(NSC(C)(C)C)c1ncc[nH]c1=O. The zero-order valence-corrected chi connectivity index (χ0v) is 11.3. The Morgan fingerprint density at radius 3 is 2.88 bits per heavy atom. The number of nitrogens with zero attached hydrogens (tertiary/aromatic N) is 1. The molecule has 0 radical (unpaired) electrons. The highest BCUT2D eigenvalue weighted by Gasteiger charge is 2.18. The van der Waals surface area contributed by atoms with E-state index in [1.54, 1.807) is 24.2 Å². The lowest BCUT2D eigenvalue weighted by Gasteiger charge is -2.22. The average Bonchev–Trinajstić information content (AvgIpc) is 2.24. The summed E-state index contributed by atoms with van der Waals surface area (Å²) in [7, 11) is 0.